The van der Waals surface area contributed by atoms with Gasteiger partial charge < -0.3 is 13.7 Å². The van der Waals surface area contributed by atoms with Gasteiger partial charge >= 0.3 is 0 Å². The molecule has 0 spiro atoms. The first-order valence-corrected chi connectivity index (χ1v) is 18.7. The number of rotatable bonds is 8. The number of aromatic nitrogens is 2. The molecule has 0 fully saturated rings. The SMILES string of the molecule is c1ccc(-c2nc3ccc(-c4ccc(N(c5ccc(-c6ccc7nc(-c8ccccc8)oc7c6)cc5)c5ccc(-c6cccs6)cc5)cc4)cc3o2)cc1. The lowest BCUT2D eigenvalue weighted by Gasteiger charge is -2.26. The lowest BCUT2D eigenvalue weighted by Crippen LogP contribution is -2.09. The molecule has 3 aromatic heterocycles. The normalized spacial score (nSPS) is 11.3. The highest BCUT2D eigenvalue weighted by atomic mass is 32.1. The first-order chi connectivity index (χ1) is 26.7. The number of fused-ring (bicyclic) bond motifs is 2. The van der Waals surface area contributed by atoms with E-state index in [-0.39, 0.29) is 0 Å². The molecule has 5 nitrogen and oxygen atoms in total. The van der Waals surface area contributed by atoms with Gasteiger partial charge in [0.05, 0.1) is 0 Å². The summed E-state index contributed by atoms with van der Waals surface area (Å²) in [5, 5.41) is 2.11. The van der Waals surface area contributed by atoms with E-state index in [2.05, 4.69) is 119 Å². The Morgan fingerprint density at radius 2 is 0.796 bits per heavy atom. The number of thiophene rings is 1. The number of benzene rings is 7. The Kier molecular flexibility index (Phi) is 7.93. The average molecular weight is 714 g/mol. The molecule has 0 saturated heterocycles. The number of oxazole rings is 2. The van der Waals surface area contributed by atoms with Crippen LogP contribution in [0.25, 0.3) is 77.8 Å². The summed E-state index contributed by atoms with van der Waals surface area (Å²) < 4.78 is 12.4. The van der Waals surface area contributed by atoms with Crippen LogP contribution in [-0.4, -0.2) is 9.97 Å². The van der Waals surface area contributed by atoms with Crippen molar-refractivity contribution < 1.29 is 8.83 Å². The Balaban J connectivity index is 0.976. The molecular formula is C48H31N3O2S. The third-order valence-electron chi connectivity index (χ3n) is 9.67. The van der Waals surface area contributed by atoms with E-state index in [0.717, 1.165) is 72.6 Å². The van der Waals surface area contributed by atoms with Gasteiger partial charge in [0, 0.05) is 33.1 Å². The van der Waals surface area contributed by atoms with Crippen LogP contribution in [0.15, 0.2) is 196 Å². The van der Waals surface area contributed by atoms with Crippen molar-refractivity contribution in [3.63, 3.8) is 0 Å². The summed E-state index contributed by atoms with van der Waals surface area (Å²) in [5.41, 5.74) is 13.9. The fraction of sp³-hybridized carbons (Fsp3) is 0. The minimum atomic E-state index is 0.626. The van der Waals surface area contributed by atoms with Crippen molar-refractivity contribution in [1.82, 2.24) is 9.97 Å². The molecule has 0 aliphatic rings. The minimum Gasteiger partial charge on any atom is -0.436 e. The zero-order valence-corrected chi connectivity index (χ0v) is 29.8. The van der Waals surface area contributed by atoms with Crippen LogP contribution in [0.4, 0.5) is 17.1 Å². The third-order valence-corrected chi connectivity index (χ3v) is 10.6. The van der Waals surface area contributed by atoms with Gasteiger partial charge in [0.2, 0.25) is 11.8 Å². The van der Waals surface area contributed by atoms with Crippen LogP contribution in [0, 0.1) is 0 Å². The van der Waals surface area contributed by atoms with E-state index in [4.69, 9.17) is 18.8 Å². The second-order valence-corrected chi connectivity index (χ2v) is 14.0. The van der Waals surface area contributed by atoms with E-state index in [0.29, 0.717) is 11.8 Å². The van der Waals surface area contributed by atoms with E-state index in [1.807, 2.05) is 72.8 Å². The van der Waals surface area contributed by atoms with Crippen molar-refractivity contribution in [3.8, 4) is 55.6 Å². The van der Waals surface area contributed by atoms with Crippen LogP contribution in [0.1, 0.15) is 0 Å². The highest BCUT2D eigenvalue weighted by Gasteiger charge is 2.16. The van der Waals surface area contributed by atoms with E-state index in [1.54, 1.807) is 11.3 Å². The van der Waals surface area contributed by atoms with Gasteiger partial charge in [-0.25, -0.2) is 9.97 Å². The van der Waals surface area contributed by atoms with E-state index >= 15 is 0 Å². The predicted octanol–water partition coefficient (Wildman–Crippen LogP) is 13.8. The van der Waals surface area contributed by atoms with E-state index in [9.17, 15) is 0 Å². The fourth-order valence-corrected chi connectivity index (χ4v) is 7.62. The maximum absolute atomic E-state index is 6.19. The zero-order valence-electron chi connectivity index (χ0n) is 29.0. The molecular weight excluding hydrogens is 683 g/mol. The molecule has 6 heteroatoms. The first kappa shape index (κ1) is 31.7. The van der Waals surface area contributed by atoms with Crippen molar-refractivity contribution in [3.05, 3.63) is 187 Å². The number of hydrogen-bond acceptors (Lipinski definition) is 6. The molecule has 0 bridgehead atoms. The van der Waals surface area contributed by atoms with Gasteiger partial charge in [-0.1, -0.05) is 91.0 Å². The van der Waals surface area contributed by atoms with Crippen LogP contribution in [0.2, 0.25) is 0 Å². The predicted molar refractivity (Wildman–Crippen MR) is 221 cm³/mol. The Labute approximate surface area is 316 Å². The quantitative estimate of drug-likeness (QED) is 0.157. The van der Waals surface area contributed by atoms with Crippen LogP contribution < -0.4 is 4.90 Å². The van der Waals surface area contributed by atoms with Gasteiger partial charge in [-0.2, -0.15) is 0 Å². The summed E-state index contributed by atoms with van der Waals surface area (Å²) in [6.45, 7) is 0. The molecule has 256 valence electrons. The topological polar surface area (TPSA) is 55.3 Å². The molecule has 0 atom stereocenters. The Morgan fingerprint density at radius 3 is 1.22 bits per heavy atom. The van der Waals surface area contributed by atoms with Crippen molar-refractivity contribution in [1.29, 1.82) is 0 Å². The van der Waals surface area contributed by atoms with Crippen molar-refractivity contribution in [2.45, 2.75) is 0 Å². The molecule has 0 aliphatic heterocycles. The van der Waals surface area contributed by atoms with Gasteiger partial charge in [0.1, 0.15) is 11.0 Å². The molecule has 0 N–H and O–H groups in total. The first-order valence-electron chi connectivity index (χ1n) is 17.8. The van der Waals surface area contributed by atoms with Gasteiger partial charge in [-0.05, 0) is 124 Å². The Bertz CT molecular complexity index is 2680. The third kappa shape index (κ3) is 6.04. The lowest BCUT2D eigenvalue weighted by atomic mass is 10.0. The van der Waals surface area contributed by atoms with E-state index < -0.39 is 0 Å². The Hall–Kier alpha value is -7.02. The maximum atomic E-state index is 6.19. The molecule has 10 aromatic rings. The van der Waals surface area contributed by atoms with Gasteiger partial charge in [-0.3, -0.25) is 0 Å². The maximum Gasteiger partial charge on any atom is 0.227 e. The highest BCUT2D eigenvalue weighted by molar-refractivity contribution is 7.13. The average Bonchev–Trinajstić information content (AvgIpc) is 4.03. The summed E-state index contributed by atoms with van der Waals surface area (Å²) >= 11 is 1.75. The molecule has 54 heavy (non-hydrogen) atoms. The second kappa shape index (κ2) is 13.5. The Morgan fingerprint density at radius 1 is 0.370 bits per heavy atom. The number of hydrogen-bond donors (Lipinski definition) is 0. The van der Waals surface area contributed by atoms with E-state index in [1.165, 1.54) is 10.4 Å². The number of nitrogens with zero attached hydrogens (tertiary/aromatic N) is 3. The molecule has 0 aliphatic carbocycles. The van der Waals surface area contributed by atoms with Crippen LogP contribution in [0.3, 0.4) is 0 Å². The lowest BCUT2D eigenvalue weighted by molar-refractivity contribution is 0.619. The second-order valence-electron chi connectivity index (χ2n) is 13.1. The zero-order chi connectivity index (χ0) is 35.8. The monoisotopic (exact) mass is 713 g/mol. The molecule has 0 unspecified atom stereocenters. The van der Waals surface area contributed by atoms with Crippen molar-refractivity contribution in [2.75, 3.05) is 4.90 Å². The van der Waals surface area contributed by atoms with Crippen LogP contribution in [-0.2, 0) is 0 Å². The molecule has 0 saturated carbocycles. The van der Waals surface area contributed by atoms with Crippen molar-refractivity contribution >= 4 is 50.6 Å². The van der Waals surface area contributed by atoms with Gasteiger partial charge in [0.15, 0.2) is 11.2 Å². The smallest absolute Gasteiger partial charge is 0.227 e. The largest absolute Gasteiger partial charge is 0.436 e. The molecule has 0 amide bonds. The molecule has 0 radical (unpaired) electrons. The summed E-state index contributed by atoms with van der Waals surface area (Å²) in [7, 11) is 0. The van der Waals surface area contributed by atoms with Crippen LogP contribution in [0.5, 0.6) is 0 Å². The fourth-order valence-electron chi connectivity index (χ4n) is 6.89. The molecule has 3 heterocycles. The van der Waals surface area contributed by atoms with Crippen molar-refractivity contribution in [2.24, 2.45) is 0 Å². The molecule has 10 rings (SSSR count). The highest BCUT2D eigenvalue weighted by Crippen LogP contribution is 2.39. The standard InChI is InChI=1S/C48H31N3O2S/c1-3-8-35(9-4-1)47-49-42-27-19-37(30-44(42)52-47)32-13-21-39(22-14-32)51(41-25-17-34(18-26-41)46-12-7-29-54-46)40-23-15-33(16-24-40)38-20-28-43-45(31-38)53-48(50-43)36-10-5-2-6-11-36/h1-31H. The summed E-state index contributed by atoms with van der Waals surface area (Å²) in [4.78, 5) is 13.0. The number of anilines is 3. The van der Waals surface area contributed by atoms with Gasteiger partial charge in [0.25, 0.3) is 0 Å². The molecule has 7 aromatic carbocycles. The summed E-state index contributed by atoms with van der Waals surface area (Å²) in [6.07, 6.45) is 0. The van der Waals surface area contributed by atoms with Crippen LogP contribution >= 0.6 is 11.3 Å². The summed E-state index contributed by atoms with van der Waals surface area (Å²) in [5.74, 6) is 1.25. The van der Waals surface area contributed by atoms with Gasteiger partial charge in [-0.15, -0.1) is 11.3 Å². The minimum absolute atomic E-state index is 0.626. The summed E-state index contributed by atoms with van der Waals surface area (Å²) in [6, 6.07) is 62.8.